The molecule has 1 fully saturated rings. The summed E-state index contributed by atoms with van der Waals surface area (Å²) < 4.78 is 0. The Hall–Kier alpha value is -2.53. The van der Waals surface area contributed by atoms with Gasteiger partial charge in [0.05, 0.1) is 16.5 Å². The summed E-state index contributed by atoms with van der Waals surface area (Å²) in [7, 11) is 0. The van der Waals surface area contributed by atoms with Gasteiger partial charge in [0.15, 0.2) is 0 Å². The van der Waals surface area contributed by atoms with E-state index in [1.54, 1.807) is 23.1 Å². The van der Waals surface area contributed by atoms with Crippen LogP contribution in [0, 0.1) is 0 Å². The number of rotatable bonds is 9. The summed E-state index contributed by atoms with van der Waals surface area (Å²) >= 11 is 18.8. The normalized spacial score (nSPS) is 14.4. The molecule has 4 nitrogen and oxygen atoms in total. The molecule has 36 heavy (non-hydrogen) atoms. The summed E-state index contributed by atoms with van der Waals surface area (Å²) in [6.45, 7) is 0.218. The van der Waals surface area contributed by atoms with Crippen LogP contribution in [0.15, 0.2) is 72.8 Å². The third-order valence-electron chi connectivity index (χ3n) is 6.61. The second-order valence-electron chi connectivity index (χ2n) is 9.23. The first-order valence-corrected chi connectivity index (χ1v) is 13.3. The fourth-order valence-corrected chi connectivity index (χ4v) is 5.19. The van der Waals surface area contributed by atoms with Gasteiger partial charge < -0.3 is 10.2 Å². The highest BCUT2D eigenvalue weighted by Gasteiger charge is 2.32. The molecular weight excluding hydrogens is 515 g/mol. The zero-order chi connectivity index (χ0) is 25.5. The predicted octanol–water partition coefficient (Wildman–Crippen LogP) is 6.89. The first-order valence-electron chi connectivity index (χ1n) is 12.2. The molecule has 0 radical (unpaired) electrons. The molecule has 3 aromatic rings. The largest absolute Gasteiger partial charge is 0.352 e. The molecule has 1 saturated carbocycles. The van der Waals surface area contributed by atoms with Gasteiger partial charge in [0.1, 0.15) is 6.04 Å². The van der Waals surface area contributed by atoms with Crippen molar-refractivity contribution >= 4 is 46.6 Å². The lowest BCUT2D eigenvalue weighted by Crippen LogP contribution is -2.52. The van der Waals surface area contributed by atoms with Crippen LogP contribution in [-0.2, 0) is 29.0 Å². The number of hydrogen-bond acceptors (Lipinski definition) is 2. The standard InChI is InChI=1S/C29H29Cl3N2O2/c30-24-13-7-4-10-22(24)18-28(35)34(19-21-14-15-25(31)26(32)16-21)27(17-20-8-2-1-3-9-20)29(36)33-23-11-5-6-12-23/h1-4,7-10,13-16,23,27H,5-6,11-12,17-19H2,(H,33,36)/t27-/m0/s1. The lowest BCUT2D eigenvalue weighted by molar-refractivity contribution is -0.141. The Kier molecular flexibility index (Phi) is 9.30. The van der Waals surface area contributed by atoms with Crippen molar-refractivity contribution in [1.82, 2.24) is 10.2 Å². The van der Waals surface area contributed by atoms with E-state index >= 15 is 0 Å². The minimum absolute atomic E-state index is 0.0863. The highest BCUT2D eigenvalue weighted by molar-refractivity contribution is 6.42. The van der Waals surface area contributed by atoms with Crippen LogP contribution >= 0.6 is 34.8 Å². The smallest absolute Gasteiger partial charge is 0.243 e. The highest BCUT2D eigenvalue weighted by atomic mass is 35.5. The Morgan fingerprint density at radius 3 is 2.22 bits per heavy atom. The van der Waals surface area contributed by atoms with Crippen LogP contribution in [-0.4, -0.2) is 28.8 Å². The van der Waals surface area contributed by atoms with Crippen molar-refractivity contribution in [2.45, 2.75) is 57.2 Å². The minimum atomic E-state index is -0.697. The summed E-state index contributed by atoms with van der Waals surface area (Å²) in [6.07, 6.45) is 4.62. The maximum atomic E-state index is 13.8. The highest BCUT2D eigenvalue weighted by Crippen LogP contribution is 2.26. The average molecular weight is 544 g/mol. The van der Waals surface area contributed by atoms with E-state index in [1.165, 1.54) is 0 Å². The number of amides is 2. The van der Waals surface area contributed by atoms with Crippen LogP contribution in [0.5, 0.6) is 0 Å². The summed E-state index contributed by atoms with van der Waals surface area (Å²) in [5.41, 5.74) is 2.50. The van der Waals surface area contributed by atoms with Crippen LogP contribution in [0.3, 0.4) is 0 Å². The van der Waals surface area contributed by atoms with Gasteiger partial charge >= 0.3 is 0 Å². The average Bonchev–Trinajstić information content (AvgIpc) is 3.38. The molecule has 7 heteroatoms. The van der Waals surface area contributed by atoms with E-state index in [0.717, 1.165) is 42.4 Å². The van der Waals surface area contributed by atoms with E-state index in [4.69, 9.17) is 34.8 Å². The third-order valence-corrected chi connectivity index (χ3v) is 7.72. The summed E-state index contributed by atoms with van der Waals surface area (Å²) in [5.74, 6) is -0.324. The number of carbonyl (C=O) groups excluding carboxylic acids is 2. The molecule has 0 unspecified atom stereocenters. The zero-order valence-electron chi connectivity index (χ0n) is 19.9. The Bertz CT molecular complexity index is 1200. The molecule has 0 spiro atoms. The molecule has 0 heterocycles. The molecule has 188 valence electrons. The van der Waals surface area contributed by atoms with Crippen molar-refractivity contribution in [2.75, 3.05) is 0 Å². The first kappa shape index (κ1) is 26.5. The predicted molar refractivity (Wildman–Crippen MR) is 147 cm³/mol. The van der Waals surface area contributed by atoms with Gasteiger partial charge in [0.2, 0.25) is 11.8 Å². The van der Waals surface area contributed by atoms with Gasteiger partial charge in [-0.1, -0.05) is 102 Å². The number of nitrogens with zero attached hydrogens (tertiary/aromatic N) is 1. The van der Waals surface area contributed by atoms with Crippen LogP contribution in [0.25, 0.3) is 0 Å². The topological polar surface area (TPSA) is 49.4 Å². The van der Waals surface area contributed by atoms with Crippen molar-refractivity contribution in [2.24, 2.45) is 0 Å². The van der Waals surface area contributed by atoms with E-state index in [9.17, 15) is 9.59 Å². The number of carbonyl (C=O) groups is 2. The van der Waals surface area contributed by atoms with Gasteiger partial charge in [0, 0.05) is 24.0 Å². The van der Waals surface area contributed by atoms with E-state index in [2.05, 4.69) is 5.32 Å². The molecule has 1 N–H and O–H groups in total. The lowest BCUT2D eigenvalue weighted by atomic mass is 10.0. The molecule has 0 bridgehead atoms. The maximum absolute atomic E-state index is 13.8. The Morgan fingerprint density at radius 2 is 1.53 bits per heavy atom. The van der Waals surface area contributed by atoms with Crippen molar-refractivity contribution < 1.29 is 9.59 Å². The molecule has 1 atom stereocenters. The number of hydrogen-bond donors (Lipinski definition) is 1. The molecule has 1 aliphatic rings. The molecule has 2 amide bonds. The van der Waals surface area contributed by atoms with Crippen LogP contribution in [0.4, 0.5) is 0 Å². The number of benzene rings is 3. The van der Waals surface area contributed by atoms with Crippen LogP contribution in [0.1, 0.15) is 42.4 Å². The first-order chi connectivity index (χ1) is 17.4. The van der Waals surface area contributed by atoms with E-state index < -0.39 is 6.04 Å². The van der Waals surface area contributed by atoms with E-state index in [1.807, 2.05) is 54.6 Å². The Labute approximate surface area is 227 Å². The Morgan fingerprint density at radius 1 is 0.833 bits per heavy atom. The fourth-order valence-electron chi connectivity index (χ4n) is 4.66. The molecule has 0 aromatic heterocycles. The van der Waals surface area contributed by atoms with E-state index in [0.29, 0.717) is 21.5 Å². The van der Waals surface area contributed by atoms with Crippen molar-refractivity contribution in [1.29, 1.82) is 0 Å². The van der Waals surface area contributed by atoms with Crippen LogP contribution in [0.2, 0.25) is 15.1 Å². The third kappa shape index (κ3) is 7.03. The quantitative estimate of drug-likeness (QED) is 0.319. The van der Waals surface area contributed by atoms with Crippen LogP contribution < -0.4 is 5.32 Å². The summed E-state index contributed by atoms with van der Waals surface area (Å²) in [5, 5.41) is 4.58. The van der Waals surface area contributed by atoms with Gasteiger partial charge in [-0.15, -0.1) is 0 Å². The zero-order valence-corrected chi connectivity index (χ0v) is 22.2. The fraction of sp³-hybridized carbons (Fsp3) is 0.310. The number of halogens is 3. The van der Waals surface area contributed by atoms with Gasteiger partial charge in [-0.25, -0.2) is 0 Å². The lowest BCUT2D eigenvalue weighted by Gasteiger charge is -2.32. The van der Waals surface area contributed by atoms with Crippen molar-refractivity contribution in [3.8, 4) is 0 Å². The van der Waals surface area contributed by atoms with Crippen molar-refractivity contribution in [3.63, 3.8) is 0 Å². The SMILES string of the molecule is O=C(NC1CCCC1)[C@H](Cc1ccccc1)N(Cc1ccc(Cl)c(Cl)c1)C(=O)Cc1ccccc1Cl. The molecule has 0 aliphatic heterocycles. The maximum Gasteiger partial charge on any atom is 0.243 e. The Balaban J connectivity index is 1.68. The van der Waals surface area contributed by atoms with Crippen molar-refractivity contribution in [3.05, 3.63) is 105 Å². The second-order valence-corrected chi connectivity index (χ2v) is 10.5. The molecule has 3 aromatic carbocycles. The molecule has 4 rings (SSSR count). The van der Waals surface area contributed by atoms with Gasteiger partial charge in [-0.05, 0) is 47.7 Å². The van der Waals surface area contributed by atoms with Gasteiger partial charge in [-0.2, -0.15) is 0 Å². The van der Waals surface area contributed by atoms with Gasteiger partial charge in [0.25, 0.3) is 0 Å². The monoisotopic (exact) mass is 542 g/mol. The molecular formula is C29H29Cl3N2O2. The summed E-state index contributed by atoms with van der Waals surface area (Å²) in [4.78, 5) is 29.2. The summed E-state index contributed by atoms with van der Waals surface area (Å²) in [6, 6.07) is 21.8. The van der Waals surface area contributed by atoms with E-state index in [-0.39, 0.29) is 30.8 Å². The number of nitrogens with one attached hydrogen (secondary N) is 1. The molecule has 1 aliphatic carbocycles. The minimum Gasteiger partial charge on any atom is -0.352 e. The second kappa shape index (κ2) is 12.6. The van der Waals surface area contributed by atoms with Gasteiger partial charge in [-0.3, -0.25) is 9.59 Å². The molecule has 0 saturated heterocycles.